The third-order valence-corrected chi connectivity index (χ3v) is 2.18. The molecular weight excluding hydrogens is 204 g/mol. The lowest BCUT2D eigenvalue weighted by atomic mass is 10.1. The molecule has 0 saturated carbocycles. The fourth-order valence-electron chi connectivity index (χ4n) is 1.42. The molecule has 0 radical (unpaired) electrons. The van der Waals surface area contributed by atoms with Crippen LogP contribution in [0.1, 0.15) is 0 Å². The van der Waals surface area contributed by atoms with Gasteiger partial charge in [-0.15, -0.1) is 0 Å². The van der Waals surface area contributed by atoms with E-state index in [2.05, 4.69) is 9.97 Å². The van der Waals surface area contributed by atoms with Crippen LogP contribution in [0.5, 0.6) is 5.75 Å². The second-order valence-corrected chi connectivity index (χ2v) is 3.28. The molecule has 0 atom stereocenters. The van der Waals surface area contributed by atoms with Crippen LogP contribution in [0.25, 0.3) is 11.3 Å². The van der Waals surface area contributed by atoms with Gasteiger partial charge in [-0.1, -0.05) is 0 Å². The first-order valence-corrected chi connectivity index (χ1v) is 4.72. The van der Waals surface area contributed by atoms with Crippen molar-refractivity contribution in [3.63, 3.8) is 0 Å². The average Bonchev–Trinajstić information content (AvgIpc) is 2.28. The van der Waals surface area contributed by atoms with Crippen molar-refractivity contribution in [1.29, 1.82) is 0 Å². The molecule has 0 aliphatic carbocycles. The van der Waals surface area contributed by atoms with E-state index in [1.165, 1.54) is 0 Å². The van der Waals surface area contributed by atoms with Gasteiger partial charge in [0.1, 0.15) is 11.6 Å². The summed E-state index contributed by atoms with van der Waals surface area (Å²) in [6, 6.07) is 5.22. The Morgan fingerprint density at radius 2 is 2.06 bits per heavy atom. The van der Waals surface area contributed by atoms with E-state index in [-0.39, 0.29) is 0 Å². The van der Waals surface area contributed by atoms with Crippen LogP contribution >= 0.6 is 0 Å². The lowest BCUT2D eigenvalue weighted by Crippen LogP contribution is -1.97. The molecule has 0 saturated heterocycles. The van der Waals surface area contributed by atoms with Crippen molar-refractivity contribution in [1.82, 2.24) is 9.97 Å². The van der Waals surface area contributed by atoms with E-state index >= 15 is 0 Å². The van der Waals surface area contributed by atoms with E-state index in [0.29, 0.717) is 22.9 Å². The lowest BCUT2D eigenvalue weighted by Gasteiger charge is -2.07. The number of pyridine rings is 2. The number of anilines is 2. The Balaban J connectivity index is 2.56. The summed E-state index contributed by atoms with van der Waals surface area (Å²) in [5.41, 5.74) is 13.5. The van der Waals surface area contributed by atoms with Gasteiger partial charge in [-0.3, -0.25) is 4.98 Å². The summed E-state index contributed by atoms with van der Waals surface area (Å²) in [4.78, 5) is 8.12. The number of hydrogen-bond donors (Lipinski definition) is 2. The van der Waals surface area contributed by atoms with Gasteiger partial charge < -0.3 is 16.2 Å². The highest BCUT2D eigenvalue weighted by molar-refractivity contribution is 5.74. The van der Waals surface area contributed by atoms with Gasteiger partial charge in [-0.25, -0.2) is 4.98 Å². The fraction of sp³-hybridized carbons (Fsp3) is 0.0909. The van der Waals surface area contributed by atoms with Crippen molar-refractivity contribution in [2.75, 3.05) is 18.6 Å². The molecule has 82 valence electrons. The van der Waals surface area contributed by atoms with E-state index in [1.807, 2.05) is 0 Å². The van der Waals surface area contributed by atoms with Crippen LogP contribution in [0.4, 0.5) is 11.5 Å². The molecule has 0 aliphatic rings. The maximum atomic E-state index is 5.81. The Labute approximate surface area is 93.1 Å². The molecule has 0 aromatic carbocycles. The molecule has 2 heterocycles. The van der Waals surface area contributed by atoms with Crippen LogP contribution < -0.4 is 16.2 Å². The van der Waals surface area contributed by atoms with Crippen molar-refractivity contribution >= 4 is 11.5 Å². The Morgan fingerprint density at radius 3 is 2.75 bits per heavy atom. The Kier molecular flexibility index (Phi) is 2.59. The van der Waals surface area contributed by atoms with Crippen LogP contribution in [-0.4, -0.2) is 17.1 Å². The van der Waals surface area contributed by atoms with Gasteiger partial charge in [0, 0.05) is 23.9 Å². The van der Waals surface area contributed by atoms with Crippen molar-refractivity contribution in [3.8, 4) is 17.0 Å². The summed E-state index contributed by atoms with van der Waals surface area (Å²) in [5, 5.41) is 0. The van der Waals surface area contributed by atoms with E-state index in [0.717, 1.165) is 5.56 Å². The number of nitrogens with two attached hydrogens (primary N) is 2. The highest BCUT2D eigenvalue weighted by atomic mass is 16.5. The maximum absolute atomic E-state index is 5.81. The number of aromatic nitrogens is 2. The smallest absolute Gasteiger partial charge is 0.127 e. The number of hydrogen-bond acceptors (Lipinski definition) is 5. The molecule has 0 amide bonds. The summed E-state index contributed by atoms with van der Waals surface area (Å²) >= 11 is 0. The average molecular weight is 216 g/mol. The third kappa shape index (κ3) is 1.88. The molecule has 2 aromatic heterocycles. The van der Waals surface area contributed by atoms with E-state index in [1.54, 1.807) is 37.7 Å². The summed E-state index contributed by atoms with van der Waals surface area (Å²) in [7, 11) is 1.58. The molecule has 2 aromatic rings. The normalized spacial score (nSPS) is 10.1. The minimum atomic E-state index is 0.394. The quantitative estimate of drug-likeness (QED) is 0.790. The number of nitrogens with zero attached hydrogens (tertiary/aromatic N) is 2. The SMILES string of the molecule is COc1cc(N)nc(-c2ccncc2N)c1. The van der Waals surface area contributed by atoms with Gasteiger partial charge in [0.15, 0.2) is 0 Å². The maximum Gasteiger partial charge on any atom is 0.127 e. The second kappa shape index (κ2) is 4.06. The number of ether oxygens (including phenoxy) is 1. The van der Waals surface area contributed by atoms with Gasteiger partial charge in [0.2, 0.25) is 0 Å². The zero-order valence-electron chi connectivity index (χ0n) is 8.84. The Bertz CT molecular complexity index is 513. The van der Waals surface area contributed by atoms with Crippen LogP contribution in [0.3, 0.4) is 0 Å². The van der Waals surface area contributed by atoms with Crippen LogP contribution in [-0.2, 0) is 0 Å². The standard InChI is InChI=1S/C11H12N4O/c1-16-7-4-10(15-11(13)5-7)8-2-3-14-6-9(8)12/h2-6H,12H2,1H3,(H2,13,15). The van der Waals surface area contributed by atoms with Crippen molar-refractivity contribution < 1.29 is 4.74 Å². The highest BCUT2D eigenvalue weighted by Gasteiger charge is 2.06. The van der Waals surface area contributed by atoms with Crippen molar-refractivity contribution in [2.24, 2.45) is 0 Å². The first-order valence-electron chi connectivity index (χ1n) is 4.72. The monoisotopic (exact) mass is 216 g/mol. The summed E-state index contributed by atoms with van der Waals surface area (Å²) in [6.07, 6.45) is 3.23. The zero-order chi connectivity index (χ0) is 11.5. The van der Waals surface area contributed by atoms with Gasteiger partial charge in [0.05, 0.1) is 24.7 Å². The molecule has 5 heteroatoms. The fourth-order valence-corrected chi connectivity index (χ4v) is 1.42. The summed E-state index contributed by atoms with van der Waals surface area (Å²) in [5.74, 6) is 1.05. The summed E-state index contributed by atoms with van der Waals surface area (Å²) in [6.45, 7) is 0. The van der Waals surface area contributed by atoms with E-state index in [4.69, 9.17) is 16.2 Å². The first kappa shape index (κ1) is 10.2. The molecule has 0 aliphatic heterocycles. The second-order valence-electron chi connectivity index (χ2n) is 3.28. The highest BCUT2D eigenvalue weighted by Crippen LogP contribution is 2.27. The number of nitrogen functional groups attached to an aromatic ring is 2. The molecule has 2 rings (SSSR count). The van der Waals surface area contributed by atoms with Gasteiger partial charge in [-0.05, 0) is 6.07 Å². The third-order valence-electron chi connectivity index (χ3n) is 2.18. The van der Waals surface area contributed by atoms with Crippen LogP contribution in [0.15, 0.2) is 30.6 Å². The Morgan fingerprint density at radius 1 is 1.25 bits per heavy atom. The topological polar surface area (TPSA) is 87.0 Å². The largest absolute Gasteiger partial charge is 0.497 e. The van der Waals surface area contributed by atoms with E-state index in [9.17, 15) is 0 Å². The molecule has 5 nitrogen and oxygen atoms in total. The minimum absolute atomic E-state index is 0.394. The van der Waals surface area contributed by atoms with Crippen molar-refractivity contribution in [3.05, 3.63) is 30.6 Å². The van der Waals surface area contributed by atoms with E-state index < -0.39 is 0 Å². The van der Waals surface area contributed by atoms with Gasteiger partial charge in [0.25, 0.3) is 0 Å². The van der Waals surface area contributed by atoms with Gasteiger partial charge in [-0.2, -0.15) is 0 Å². The first-order chi connectivity index (χ1) is 7.70. The predicted molar refractivity (Wildman–Crippen MR) is 62.8 cm³/mol. The van der Waals surface area contributed by atoms with Gasteiger partial charge >= 0.3 is 0 Å². The minimum Gasteiger partial charge on any atom is -0.497 e. The Hall–Kier alpha value is -2.30. The lowest BCUT2D eigenvalue weighted by molar-refractivity contribution is 0.415. The molecule has 16 heavy (non-hydrogen) atoms. The molecule has 4 N–H and O–H groups in total. The molecule has 0 unspecified atom stereocenters. The molecule has 0 fully saturated rings. The zero-order valence-corrected chi connectivity index (χ0v) is 8.84. The van der Waals surface area contributed by atoms with Crippen LogP contribution in [0, 0.1) is 0 Å². The molecular formula is C11H12N4O. The summed E-state index contributed by atoms with van der Waals surface area (Å²) < 4.78 is 5.12. The molecule has 0 bridgehead atoms. The predicted octanol–water partition coefficient (Wildman–Crippen LogP) is 1.32. The number of rotatable bonds is 2. The molecule has 0 spiro atoms. The number of methoxy groups -OCH3 is 1. The van der Waals surface area contributed by atoms with Crippen molar-refractivity contribution in [2.45, 2.75) is 0 Å². The van der Waals surface area contributed by atoms with Crippen LogP contribution in [0.2, 0.25) is 0 Å².